The predicted molar refractivity (Wildman–Crippen MR) is 98.3 cm³/mol. The van der Waals surface area contributed by atoms with E-state index in [1.807, 2.05) is 13.8 Å². The molecule has 0 saturated carbocycles. The Morgan fingerprint density at radius 3 is 1.79 bits per heavy atom. The molecule has 0 fully saturated rings. The molecule has 0 aliphatic heterocycles. The highest BCUT2D eigenvalue weighted by Crippen LogP contribution is 2.09. The quantitative estimate of drug-likeness (QED) is 0.213. The summed E-state index contributed by atoms with van der Waals surface area (Å²) < 4.78 is 10.2. The molecule has 5 heteroatoms. The maximum atomic E-state index is 11.5. The molecule has 0 aliphatic rings. The van der Waals surface area contributed by atoms with Crippen LogP contribution in [0.4, 0.5) is 0 Å². The van der Waals surface area contributed by atoms with Gasteiger partial charge >= 0.3 is 11.9 Å². The minimum atomic E-state index is -0.234. The first-order chi connectivity index (χ1) is 11.6. The van der Waals surface area contributed by atoms with Crippen molar-refractivity contribution >= 4 is 23.5 Å². The number of carbonyl (C=O) groups is 2. The molecule has 0 heterocycles. The Kier molecular flexibility index (Phi) is 16.5. The maximum absolute atomic E-state index is 11.5. The minimum Gasteiger partial charge on any atom is -0.466 e. The average Bonchev–Trinajstić information content (AvgIpc) is 2.54. The lowest BCUT2D eigenvalue weighted by atomic mass is 10.1. The molecule has 0 bridgehead atoms. The number of hydrogen-bond acceptors (Lipinski definition) is 4. The second-order valence-electron chi connectivity index (χ2n) is 6.67. The molecule has 4 nitrogen and oxygen atoms in total. The zero-order valence-electron chi connectivity index (χ0n) is 15.5. The van der Waals surface area contributed by atoms with Gasteiger partial charge in [0.1, 0.15) is 0 Å². The number of unbranched alkanes of at least 4 members (excludes halogenated alkanes) is 7. The standard InChI is InChI=1S/C19H35ClO4/c1-17(2)16-24-19(22)13-11-12-18(21)23-15-10-8-6-4-3-5-7-9-14-20/h17H,3-16H2,1-2H3. The van der Waals surface area contributed by atoms with Crippen molar-refractivity contribution in [2.24, 2.45) is 5.92 Å². The summed E-state index contributed by atoms with van der Waals surface area (Å²) >= 11 is 5.63. The fourth-order valence-electron chi connectivity index (χ4n) is 2.22. The van der Waals surface area contributed by atoms with E-state index < -0.39 is 0 Å². The number of hydrogen-bond donors (Lipinski definition) is 0. The van der Waals surface area contributed by atoms with Gasteiger partial charge in [-0.2, -0.15) is 0 Å². The topological polar surface area (TPSA) is 52.6 Å². The van der Waals surface area contributed by atoms with Crippen molar-refractivity contribution in [1.29, 1.82) is 0 Å². The molecule has 0 atom stereocenters. The fourth-order valence-corrected chi connectivity index (χ4v) is 2.41. The number of ether oxygens (including phenoxy) is 2. The Morgan fingerprint density at radius 1 is 0.750 bits per heavy atom. The van der Waals surface area contributed by atoms with Crippen LogP contribution in [0.2, 0.25) is 0 Å². The van der Waals surface area contributed by atoms with Crippen LogP contribution in [-0.4, -0.2) is 31.0 Å². The van der Waals surface area contributed by atoms with Crippen molar-refractivity contribution in [3.05, 3.63) is 0 Å². The number of rotatable bonds is 16. The Bertz CT molecular complexity index is 318. The summed E-state index contributed by atoms with van der Waals surface area (Å²) in [5.41, 5.74) is 0. The van der Waals surface area contributed by atoms with Gasteiger partial charge in [0.15, 0.2) is 0 Å². The number of halogens is 1. The molecule has 0 N–H and O–H groups in total. The zero-order chi connectivity index (χ0) is 18.0. The van der Waals surface area contributed by atoms with Crippen LogP contribution in [0.5, 0.6) is 0 Å². The van der Waals surface area contributed by atoms with Crippen LogP contribution in [0.3, 0.4) is 0 Å². The summed E-state index contributed by atoms with van der Waals surface area (Å²) in [7, 11) is 0. The highest BCUT2D eigenvalue weighted by molar-refractivity contribution is 6.17. The van der Waals surface area contributed by atoms with E-state index in [1.54, 1.807) is 0 Å². The third kappa shape index (κ3) is 17.6. The Hall–Kier alpha value is -0.770. The summed E-state index contributed by atoms with van der Waals surface area (Å²) in [6, 6.07) is 0. The number of carbonyl (C=O) groups excluding carboxylic acids is 2. The van der Waals surface area contributed by atoms with Crippen molar-refractivity contribution in [2.75, 3.05) is 19.1 Å². The van der Waals surface area contributed by atoms with Crippen LogP contribution in [0, 0.1) is 5.92 Å². The normalized spacial score (nSPS) is 10.8. The van der Waals surface area contributed by atoms with Crippen molar-refractivity contribution in [2.45, 2.75) is 84.5 Å². The molecule has 0 aromatic carbocycles. The molecule has 0 amide bonds. The first kappa shape index (κ1) is 23.2. The summed E-state index contributed by atoms with van der Waals surface area (Å²) in [6.45, 7) is 4.91. The van der Waals surface area contributed by atoms with Gasteiger partial charge in [-0.1, -0.05) is 52.4 Å². The van der Waals surface area contributed by atoms with E-state index in [9.17, 15) is 9.59 Å². The summed E-state index contributed by atoms with van der Waals surface area (Å²) in [4.78, 5) is 22.9. The molecule has 0 unspecified atom stereocenters. The van der Waals surface area contributed by atoms with Crippen LogP contribution in [-0.2, 0) is 19.1 Å². The lowest BCUT2D eigenvalue weighted by Crippen LogP contribution is -2.11. The van der Waals surface area contributed by atoms with Gasteiger partial charge in [0.2, 0.25) is 0 Å². The SMILES string of the molecule is CC(C)COC(=O)CCCC(=O)OCCCCCCCCCCCl. The van der Waals surface area contributed by atoms with E-state index in [0.29, 0.717) is 25.6 Å². The monoisotopic (exact) mass is 362 g/mol. The van der Waals surface area contributed by atoms with E-state index in [1.165, 1.54) is 32.1 Å². The highest BCUT2D eigenvalue weighted by atomic mass is 35.5. The van der Waals surface area contributed by atoms with Gasteiger partial charge in [-0.05, 0) is 25.2 Å². The third-order valence-electron chi connectivity index (χ3n) is 3.63. The first-order valence-electron chi connectivity index (χ1n) is 9.43. The van der Waals surface area contributed by atoms with Gasteiger partial charge in [0.25, 0.3) is 0 Å². The number of esters is 2. The Labute approximate surface area is 152 Å². The summed E-state index contributed by atoms with van der Waals surface area (Å²) in [5, 5.41) is 0. The van der Waals surface area contributed by atoms with Crippen LogP contribution >= 0.6 is 11.6 Å². The fraction of sp³-hybridized carbons (Fsp3) is 0.895. The lowest BCUT2D eigenvalue weighted by Gasteiger charge is -2.07. The Morgan fingerprint density at radius 2 is 1.25 bits per heavy atom. The molecule has 0 aromatic rings. The average molecular weight is 363 g/mol. The van der Waals surface area contributed by atoms with Crippen LogP contribution in [0.1, 0.15) is 84.5 Å². The van der Waals surface area contributed by atoms with Gasteiger partial charge in [0, 0.05) is 18.7 Å². The summed E-state index contributed by atoms with van der Waals surface area (Å²) in [6.07, 6.45) is 10.4. The molecule has 0 rings (SSSR count). The van der Waals surface area contributed by atoms with Gasteiger partial charge in [-0.3, -0.25) is 9.59 Å². The molecule has 0 aliphatic carbocycles. The molecular formula is C19H35ClO4. The van der Waals surface area contributed by atoms with Crippen LogP contribution in [0.15, 0.2) is 0 Å². The molecular weight excluding hydrogens is 328 g/mol. The molecule has 24 heavy (non-hydrogen) atoms. The second kappa shape index (κ2) is 17.1. The Balaban J connectivity index is 3.31. The molecule has 0 aromatic heterocycles. The zero-order valence-corrected chi connectivity index (χ0v) is 16.2. The van der Waals surface area contributed by atoms with Crippen LogP contribution < -0.4 is 0 Å². The van der Waals surface area contributed by atoms with E-state index in [4.69, 9.17) is 21.1 Å². The predicted octanol–water partition coefficient (Wildman–Crippen LogP) is 5.26. The van der Waals surface area contributed by atoms with Gasteiger partial charge in [0.05, 0.1) is 13.2 Å². The molecule has 0 radical (unpaired) electrons. The molecule has 0 saturated heterocycles. The van der Waals surface area contributed by atoms with Crippen molar-refractivity contribution in [3.63, 3.8) is 0 Å². The lowest BCUT2D eigenvalue weighted by molar-refractivity contribution is -0.146. The maximum Gasteiger partial charge on any atom is 0.305 e. The van der Waals surface area contributed by atoms with Gasteiger partial charge in [-0.25, -0.2) is 0 Å². The van der Waals surface area contributed by atoms with Crippen molar-refractivity contribution in [3.8, 4) is 0 Å². The smallest absolute Gasteiger partial charge is 0.305 e. The summed E-state index contributed by atoms with van der Waals surface area (Å²) in [5.74, 6) is 0.657. The second-order valence-corrected chi connectivity index (χ2v) is 7.05. The minimum absolute atomic E-state index is 0.215. The van der Waals surface area contributed by atoms with E-state index in [2.05, 4.69) is 0 Å². The van der Waals surface area contributed by atoms with Gasteiger partial charge in [-0.15, -0.1) is 11.6 Å². The van der Waals surface area contributed by atoms with E-state index in [0.717, 1.165) is 25.1 Å². The van der Waals surface area contributed by atoms with Crippen LogP contribution in [0.25, 0.3) is 0 Å². The number of alkyl halides is 1. The van der Waals surface area contributed by atoms with E-state index >= 15 is 0 Å². The van der Waals surface area contributed by atoms with Crippen molar-refractivity contribution in [1.82, 2.24) is 0 Å². The van der Waals surface area contributed by atoms with Crippen molar-refractivity contribution < 1.29 is 19.1 Å². The molecule has 0 spiro atoms. The highest BCUT2D eigenvalue weighted by Gasteiger charge is 2.08. The van der Waals surface area contributed by atoms with E-state index in [-0.39, 0.29) is 24.8 Å². The molecule has 142 valence electrons. The van der Waals surface area contributed by atoms with Gasteiger partial charge < -0.3 is 9.47 Å². The third-order valence-corrected chi connectivity index (χ3v) is 3.90. The first-order valence-corrected chi connectivity index (χ1v) is 9.97. The largest absolute Gasteiger partial charge is 0.466 e.